The van der Waals surface area contributed by atoms with E-state index in [9.17, 15) is 5.11 Å². The summed E-state index contributed by atoms with van der Waals surface area (Å²) in [6, 6.07) is 1.88. The molecule has 0 bridgehead atoms. The number of fused-ring (bicyclic) bond motifs is 1. The van der Waals surface area contributed by atoms with Crippen molar-refractivity contribution in [3.05, 3.63) is 23.7 Å². The summed E-state index contributed by atoms with van der Waals surface area (Å²) in [4.78, 5) is 0. The van der Waals surface area contributed by atoms with Crippen LogP contribution in [0.1, 0.15) is 38.0 Å². The van der Waals surface area contributed by atoms with Crippen LogP contribution in [0.5, 0.6) is 0 Å². The van der Waals surface area contributed by atoms with E-state index in [1.165, 1.54) is 0 Å². The predicted molar refractivity (Wildman–Crippen MR) is 58.4 cm³/mol. The summed E-state index contributed by atoms with van der Waals surface area (Å²) in [5.74, 6) is 0.922. The zero-order valence-electron chi connectivity index (χ0n) is 9.42. The van der Waals surface area contributed by atoms with Gasteiger partial charge in [0.2, 0.25) is 0 Å². The summed E-state index contributed by atoms with van der Waals surface area (Å²) < 4.78 is 5.39. The molecule has 0 aliphatic heterocycles. The lowest BCUT2D eigenvalue weighted by atomic mass is 9.63. The van der Waals surface area contributed by atoms with E-state index in [-0.39, 0.29) is 5.41 Å². The quantitative estimate of drug-likeness (QED) is 0.780. The van der Waals surface area contributed by atoms with Gasteiger partial charge >= 0.3 is 0 Å². The monoisotopic (exact) mass is 209 g/mol. The predicted octanol–water partition coefficient (Wildman–Crippen LogP) is 1.79. The van der Waals surface area contributed by atoms with E-state index in [2.05, 4.69) is 13.8 Å². The molecule has 3 nitrogen and oxygen atoms in total. The van der Waals surface area contributed by atoms with Gasteiger partial charge in [0.15, 0.2) is 0 Å². The molecule has 1 unspecified atom stereocenters. The summed E-state index contributed by atoms with van der Waals surface area (Å²) in [5.41, 5.74) is 5.57. The van der Waals surface area contributed by atoms with Crippen molar-refractivity contribution in [2.24, 2.45) is 11.1 Å². The fourth-order valence-electron chi connectivity index (χ4n) is 2.58. The first-order valence-electron chi connectivity index (χ1n) is 5.50. The third-order valence-corrected chi connectivity index (χ3v) is 3.79. The highest BCUT2D eigenvalue weighted by Crippen LogP contribution is 2.50. The molecule has 0 aromatic carbocycles. The minimum absolute atomic E-state index is 0.136. The molecule has 1 aromatic rings. The molecule has 3 heteroatoms. The van der Waals surface area contributed by atoms with E-state index in [4.69, 9.17) is 10.2 Å². The van der Waals surface area contributed by atoms with Crippen molar-refractivity contribution in [1.82, 2.24) is 0 Å². The number of nitrogens with two attached hydrogens (primary N) is 1. The fraction of sp³-hybridized carbons (Fsp3) is 0.667. The summed E-state index contributed by atoms with van der Waals surface area (Å²) in [5, 5.41) is 10.8. The Morgan fingerprint density at radius 3 is 2.93 bits per heavy atom. The van der Waals surface area contributed by atoms with Gasteiger partial charge in [-0.3, -0.25) is 0 Å². The van der Waals surface area contributed by atoms with Crippen molar-refractivity contribution in [2.45, 2.75) is 38.7 Å². The van der Waals surface area contributed by atoms with E-state index < -0.39 is 5.60 Å². The summed E-state index contributed by atoms with van der Waals surface area (Å²) in [6.45, 7) is 4.68. The molecule has 0 fully saturated rings. The van der Waals surface area contributed by atoms with Gasteiger partial charge in [-0.2, -0.15) is 0 Å². The van der Waals surface area contributed by atoms with E-state index in [1.54, 1.807) is 6.26 Å². The van der Waals surface area contributed by atoms with Crippen LogP contribution in [0.15, 0.2) is 16.7 Å². The maximum atomic E-state index is 10.8. The zero-order chi connectivity index (χ0) is 11.1. The second-order valence-corrected chi connectivity index (χ2v) is 5.04. The molecule has 0 saturated heterocycles. The molecule has 1 aliphatic carbocycles. The molecule has 1 aromatic heterocycles. The Kier molecular flexibility index (Phi) is 2.40. The molecule has 0 saturated carbocycles. The first-order valence-corrected chi connectivity index (χ1v) is 5.50. The van der Waals surface area contributed by atoms with E-state index in [0.717, 1.165) is 24.2 Å². The van der Waals surface area contributed by atoms with E-state index >= 15 is 0 Å². The standard InChI is InChI=1S/C12H19NO2/c1-11(2)5-3-10-9(4-8-15-10)12(11,14)6-7-13/h4,8,14H,3,5-7,13H2,1-2H3. The van der Waals surface area contributed by atoms with Gasteiger partial charge in [0.25, 0.3) is 0 Å². The molecule has 3 N–H and O–H groups in total. The summed E-state index contributed by atoms with van der Waals surface area (Å²) in [6.07, 6.45) is 4.09. The molecule has 84 valence electrons. The minimum atomic E-state index is -0.831. The molecule has 0 amide bonds. The van der Waals surface area contributed by atoms with Crippen molar-refractivity contribution in [2.75, 3.05) is 6.54 Å². The number of aryl methyl sites for hydroxylation is 1. The Labute approximate surface area is 90.3 Å². The Bertz CT molecular complexity index is 356. The number of furan rings is 1. The number of hydrogen-bond acceptors (Lipinski definition) is 3. The zero-order valence-corrected chi connectivity index (χ0v) is 9.42. The molecule has 1 aliphatic rings. The van der Waals surface area contributed by atoms with Crippen LogP contribution in [0.2, 0.25) is 0 Å². The summed E-state index contributed by atoms with van der Waals surface area (Å²) >= 11 is 0. The lowest BCUT2D eigenvalue weighted by Crippen LogP contribution is -2.46. The van der Waals surface area contributed by atoms with Gasteiger partial charge in [0.05, 0.1) is 11.9 Å². The molecule has 0 spiro atoms. The maximum Gasteiger partial charge on any atom is 0.109 e. The Morgan fingerprint density at radius 2 is 2.27 bits per heavy atom. The normalized spacial score (nSPS) is 28.8. The number of hydrogen-bond donors (Lipinski definition) is 2. The lowest BCUT2D eigenvalue weighted by molar-refractivity contribution is -0.0919. The first kappa shape index (κ1) is 10.7. The largest absolute Gasteiger partial charge is 0.469 e. The topological polar surface area (TPSA) is 59.4 Å². The second-order valence-electron chi connectivity index (χ2n) is 5.04. The maximum absolute atomic E-state index is 10.8. The second kappa shape index (κ2) is 3.35. The van der Waals surface area contributed by atoms with Crippen molar-refractivity contribution in [1.29, 1.82) is 0 Å². The average molecular weight is 209 g/mol. The SMILES string of the molecule is CC1(C)CCc2occc2C1(O)CCN. The van der Waals surface area contributed by atoms with Crippen LogP contribution in [0, 0.1) is 5.41 Å². The molecule has 1 atom stereocenters. The molecular weight excluding hydrogens is 190 g/mol. The van der Waals surface area contributed by atoms with Gasteiger partial charge in [-0.15, -0.1) is 0 Å². The van der Waals surface area contributed by atoms with Gasteiger partial charge in [0, 0.05) is 12.0 Å². The molecule has 0 radical (unpaired) electrons. The van der Waals surface area contributed by atoms with Crippen LogP contribution in [0.4, 0.5) is 0 Å². The number of rotatable bonds is 2. The van der Waals surface area contributed by atoms with Crippen LogP contribution in [-0.4, -0.2) is 11.7 Å². The molecular formula is C12H19NO2. The average Bonchev–Trinajstić information content (AvgIpc) is 2.62. The van der Waals surface area contributed by atoms with E-state index in [1.807, 2.05) is 6.07 Å². The summed E-state index contributed by atoms with van der Waals surface area (Å²) in [7, 11) is 0. The highest BCUT2D eigenvalue weighted by Gasteiger charge is 2.48. The van der Waals surface area contributed by atoms with Crippen molar-refractivity contribution < 1.29 is 9.52 Å². The van der Waals surface area contributed by atoms with Gasteiger partial charge < -0.3 is 15.3 Å². The van der Waals surface area contributed by atoms with Gasteiger partial charge in [-0.05, 0) is 30.9 Å². The van der Waals surface area contributed by atoms with Gasteiger partial charge in [-0.1, -0.05) is 13.8 Å². The highest BCUT2D eigenvalue weighted by atomic mass is 16.3. The van der Waals surface area contributed by atoms with Crippen LogP contribution in [0.25, 0.3) is 0 Å². The van der Waals surface area contributed by atoms with Crippen LogP contribution < -0.4 is 5.73 Å². The van der Waals surface area contributed by atoms with Gasteiger partial charge in [0.1, 0.15) is 5.76 Å². The van der Waals surface area contributed by atoms with Gasteiger partial charge in [-0.25, -0.2) is 0 Å². The van der Waals surface area contributed by atoms with Crippen molar-refractivity contribution in [3.8, 4) is 0 Å². The Hall–Kier alpha value is -0.800. The molecule has 15 heavy (non-hydrogen) atoms. The van der Waals surface area contributed by atoms with Crippen molar-refractivity contribution in [3.63, 3.8) is 0 Å². The first-order chi connectivity index (χ1) is 7.01. The van der Waals surface area contributed by atoms with Crippen LogP contribution in [-0.2, 0) is 12.0 Å². The molecule has 1 heterocycles. The van der Waals surface area contributed by atoms with Crippen LogP contribution >= 0.6 is 0 Å². The number of aliphatic hydroxyl groups is 1. The van der Waals surface area contributed by atoms with Crippen molar-refractivity contribution >= 4 is 0 Å². The van der Waals surface area contributed by atoms with Crippen LogP contribution in [0.3, 0.4) is 0 Å². The third-order valence-electron chi connectivity index (χ3n) is 3.79. The Balaban J connectivity index is 2.48. The highest BCUT2D eigenvalue weighted by molar-refractivity contribution is 5.30. The fourth-order valence-corrected chi connectivity index (χ4v) is 2.58. The third kappa shape index (κ3) is 1.42. The van der Waals surface area contributed by atoms with E-state index in [0.29, 0.717) is 13.0 Å². The smallest absolute Gasteiger partial charge is 0.109 e. The molecule has 2 rings (SSSR count). The Morgan fingerprint density at radius 1 is 1.53 bits per heavy atom. The lowest BCUT2D eigenvalue weighted by Gasteiger charge is -2.45. The minimum Gasteiger partial charge on any atom is -0.469 e.